The van der Waals surface area contributed by atoms with Crippen LogP contribution in [0.3, 0.4) is 0 Å². The predicted octanol–water partition coefficient (Wildman–Crippen LogP) is 1.50. The third kappa shape index (κ3) is 3.11. The molecule has 1 N–H and O–H groups in total. The molecule has 114 valence electrons. The molecule has 1 aromatic rings. The second kappa shape index (κ2) is 6.16. The Bertz CT molecular complexity index is 529. The van der Waals surface area contributed by atoms with Crippen molar-refractivity contribution in [2.45, 2.75) is 31.8 Å². The SMILES string of the molecule is CN1CCCC(N(C)C(=O)c2ccc3c(c2)CNCC3)C1. The highest BCUT2D eigenvalue weighted by molar-refractivity contribution is 5.94. The molecule has 0 aliphatic carbocycles. The van der Waals surface area contributed by atoms with Crippen molar-refractivity contribution >= 4 is 5.91 Å². The molecule has 4 heteroatoms. The summed E-state index contributed by atoms with van der Waals surface area (Å²) in [7, 11) is 4.08. The van der Waals surface area contributed by atoms with Crippen LogP contribution >= 0.6 is 0 Å². The van der Waals surface area contributed by atoms with Gasteiger partial charge in [-0.15, -0.1) is 0 Å². The molecule has 1 amide bonds. The lowest BCUT2D eigenvalue weighted by Crippen LogP contribution is -2.47. The zero-order chi connectivity index (χ0) is 14.8. The monoisotopic (exact) mass is 287 g/mol. The maximum Gasteiger partial charge on any atom is 0.253 e. The topological polar surface area (TPSA) is 35.6 Å². The first-order valence-corrected chi connectivity index (χ1v) is 7.93. The third-order valence-corrected chi connectivity index (χ3v) is 4.81. The number of carbonyl (C=O) groups is 1. The van der Waals surface area contributed by atoms with Crippen LogP contribution < -0.4 is 5.32 Å². The van der Waals surface area contributed by atoms with Gasteiger partial charge in [-0.2, -0.15) is 0 Å². The molecule has 0 bridgehead atoms. The zero-order valence-electron chi connectivity index (χ0n) is 13.1. The van der Waals surface area contributed by atoms with Gasteiger partial charge in [0.15, 0.2) is 0 Å². The van der Waals surface area contributed by atoms with Crippen molar-refractivity contribution in [2.24, 2.45) is 0 Å². The van der Waals surface area contributed by atoms with E-state index in [9.17, 15) is 4.79 Å². The Morgan fingerprint density at radius 1 is 1.38 bits per heavy atom. The normalized spacial score (nSPS) is 22.7. The fraction of sp³-hybridized carbons (Fsp3) is 0.588. The van der Waals surface area contributed by atoms with Crippen LogP contribution in [0.5, 0.6) is 0 Å². The summed E-state index contributed by atoms with van der Waals surface area (Å²) in [6.07, 6.45) is 3.35. The van der Waals surface area contributed by atoms with Gasteiger partial charge >= 0.3 is 0 Å². The van der Waals surface area contributed by atoms with Crippen LogP contribution in [0.2, 0.25) is 0 Å². The molecule has 0 aromatic heterocycles. The zero-order valence-corrected chi connectivity index (χ0v) is 13.1. The molecule has 0 spiro atoms. The average molecular weight is 287 g/mol. The Morgan fingerprint density at radius 3 is 3.05 bits per heavy atom. The second-order valence-electron chi connectivity index (χ2n) is 6.38. The Morgan fingerprint density at radius 2 is 2.24 bits per heavy atom. The summed E-state index contributed by atoms with van der Waals surface area (Å²) < 4.78 is 0. The smallest absolute Gasteiger partial charge is 0.253 e. The number of likely N-dealkylation sites (tertiary alicyclic amines) is 1. The van der Waals surface area contributed by atoms with E-state index >= 15 is 0 Å². The lowest BCUT2D eigenvalue weighted by molar-refractivity contribution is 0.0644. The number of hydrogen-bond donors (Lipinski definition) is 1. The molecule has 1 aromatic carbocycles. The molecule has 1 fully saturated rings. The minimum Gasteiger partial charge on any atom is -0.337 e. The van der Waals surface area contributed by atoms with E-state index in [0.29, 0.717) is 6.04 Å². The van der Waals surface area contributed by atoms with Crippen LogP contribution in [0, 0.1) is 0 Å². The first kappa shape index (κ1) is 14.5. The van der Waals surface area contributed by atoms with Crippen molar-refractivity contribution in [1.29, 1.82) is 0 Å². The lowest BCUT2D eigenvalue weighted by atomic mass is 9.97. The van der Waals surface area contributed by atoms with Crippen molar-refractivity contribution in [1.82, 2.24) is 15.1 Å². The van der Waals surface area contributed by atoms with Gasteiger partial charge in [-0.05, 0) is 62.7 Å². The fourth-order valence-electron chi connectivity index (χ4n) is 3.44. The lowest BCUT2D eigenvalue weighted by Gasteiger charge is -2.36. The number of carbonyl (C=O) groups excluding carboxylic acids is 1. The quantitative estimate of drug-likeness (QED) is 0.895. The number of benzene rings is 1. The maximum absolute atomic E-state index is 12.7. The minimum absolute atomic E-state index is 0.156. The largest absolute Gasteiger partial charge is 0.337 e. The fourth-order valence-corrected chi connectivity index (χ4v) is 3.44. The van der Waals surface area contributed by atoms with Gasteiger partial charge < -0.3 is 15.1 Å². The van der Waals surface area contributed by atoms with E-state index in [1.54, 1.807) is 0 Å². The summed E-state index contributed by atoms with van der Waals surface area (Å²) in [4.78, 5) is 17.0. The van der Waals surface area contributed by atoms with Crippen molar-refractivity contribution in [3.8, 4) is 0 Å². The number of amides is 1. The Hall–Kier alpha value is -1.39. The summed E-state index contributed by atoms with van der Waals surface area (Å²) in [6, 6.07) is 6.54. The van der Waals surface area contributed by atoms with Gasteiger partial charge in [0.2, 0.25) is 0 Å². The van der Waals surface area contributed by atoms with Gasteiger partial charge in [0.05, 0.1) is 0 Å². The molecule has 1 atom stereocenters. The van der Waals surface area contributed by atoms with Crippen LogP contribution in [0.4, 0.5) is 0 Å². The highest BCUT2D eigenvalue weighted by atomic mass is 16.2. The van der Waals surface area contributed by atoms with Crippen LogP contribution in [-0.4, -0.2) is 55.5 Å². The maximum atomic E-state index is 12.7. The molecule has 0 radical (unpaired) electrons. The summed E-state index contributed by atoms with van der Waals surface area (Å²) in [6.45, 7) is 4.04. The number of fused-ring (bicyclic) bond motifs is 1. The number of nitrogens with one attached hydrogen (secondary N) is 1. The molecule has 0 saturated carbocycles. The summed E-state index contributed by atoms with van der Waals surface area (Å²) in [5, 5.41) is 3.37. The highest BCUT2D eigenvalue weighted by Gasteiger charge is 2.25. The number of nitrogens with zero attached hydrogens (tertiary/aromatic N) is 2. The first-order valence-electron chi connectivity index (χ1n) is 7.93. The van der Waals surface area contributed by atoms with Crippen molar-refractivity contribution in [2.75, 3.05) is 33.7 Å². The first-order chi connectivity index (χ1) is 10.1. The Balaban J connectivity index is 1.75. The standard InChI is InChI=1S/C17H25N3O/c1-19-9-3-4-16(12-19)20(2)17(21)14-6-5-13-7-8-18-11-15(13)10-14/h5-6,10,16,18H,3-4,7-9,11-12H2,1-2H3. The van der Waals surface area contributed by atoms with Crippen LogP contribution in [0.15, 0.2) is 18.2 Å². The Kier molecular flexibility index (Phi) is 4.27. The van der Waals surface area contributed by atoms with Crippen molar-refractivity contribution < 1.29 is 4.79 Å². The average Bonchev–Trinajstić information content (AvgIpc) is 2.53. The molecule has 2 heterocycles. The van der Waals surface area contributed by atoms with E-state index in [4.69, 9.17) is 0 Å². The number of rotatable bonds is 2. The molecule has 3 rings (SSSR count). The second-order valence-corrected chi connectivity index (χ2v) is 6.38. The summed E-state index contributed by atoms with van der Waals surface area (Å²) >= 11 is 0. The van der Waals surface area contributed by atoms with E-state index in [1.165, 1.54) is 17.5 Å². The van der Waals surface area contributed by atoms with Gasteiger partial charge in [-0.1, -0.05) is 6.07 Å². The molecule has 21 heavy (non-hydrogen) atoms. The molecular formula is C17H25N3O. The van der Waals surface area contributed by atoms with Gasteiger partial charge in [0, 0.05) is 31.7 Å². The third-order valence-electron chi connectivity index (χ3n) is 4.81. The number of piperidine rings is 1. The molecule has 1 unspecified atom stereocenters. The van der Waals surface area contributed by atoms with Crippen LogP contribution in [0.1, 0.15) is 34.3 Å². The summed E-state index contributed by atoms with van der Waals surface area (Å²) in [5.74, 6) is 0.156. The Labute approximate surface area is 127 Å². The van der Waals surface area contributed by atoms with Gasteiger partial charge in [0.25, 0.3) is 5.91 Å². The summed E-state index contributed by atoms with van der Waals surface area (Å²) in [5.41, 5.74) is 3.49. The molecular weight excluding hydrogens is 262 g/mol. The molecule has 2 aliphatic heterocycles. The van der Waals surface area contributed by atoms with E-state index in [0.717, 1.165) is 44.6 Å². The van der Waals surface area contributed by atoms with E-state index in [1.807, 2.05) is 18.0 Å². The molecule has 1 saturated heterocycles. The number of hydrogen-bond acceptors (Lipinski definition) is 3. The minimum atomic E-state index is 0.156. The van der Waals surface area contributed by atoms with E-state index < -0.39 is 0 Å². The van der Waals surface area contributed by atoms with E-state index in [-0.39, 0.29) is 5.91 Å². The molecule has 4 nitrogen and oxygen atoms in total. The van der Waals surface area contributed by atoms with Crippen LogP contribution in [-0.2, 0) is 13.0 Å². The van der Waals surface area contributed by atoms with Gasteiger partial charge in [-0.25, -0.2) is 0 Å². The van der Waals surface area contributed by atoms with Crippen LogP contribution in [0.25, 0.3) is 0 Å². The van der Waals surface area contributed by atoms with Gasteiger partial charge in [-0.3, -0.25) is 4.79 Å². The predicted molar refractivity (Wildman–Crippen MR) is 84.5 cm³/mol. The van der Waals surface area contributed by atoms with Gasteiger partial charge in [0.1, 0.15) is 0 Å². The molecule has 2 aliphatic rings. The van der Waals surface area contributed by atoms with Crippen molar-refractivity contribution in [3.05, 3.63) is 34.9 Å². The van der Waals surface area contributed by atoms with Crippen molar-refractivity contribution in [3.63, 3.8) is 0 Å². The number of likely N-dealkylation sites (N-methyl/N-ethyl adjacent to an activating group) is 2. The van der Waals surface area contributed by atoms with E-state index in [2.05, 4.69) is 29.4 Å². The highest BCUT2D eigenvalue weighted by Crippen LogP contribution is 2.19.